The fraction of sp³-hybridized carbons (Fsp3) is 0.606. The topological polar surface area (TPSA) is 35.5 Å². The molecule has 3 nitrogen and oxygen atoms in total. The van der Waals surface area contributed by atoms with Crippen LogP contribution in [0.25, 0.3) is 11.1 Å². The van der Waals surface area contributed by atoms with E-state index in [0.29, 0.717) is 17.2 Å². The minimum Gasteiger partial charge on any atom is -0.431 e. The second-order valence-corrected chi connectivity index (χ2v) is 11.4. The Kier molecular flexibility index (Phi) is 10.5. The molecule has 2 aliphatic carbocycles. The van der Waals surface area contributed by atoms with Gasteiger partial charge >= 0.3 is 6.16 Å². The molecule has 202 valence electrons. The van der Waals surface area contributed by atoms with Gasteiger partial charge in [-0.1, -0.05) is 76.6 Å². The molecule has 0 aromatic heterocycles. The molecule has 4 heteroatoms. The average Bonchev–Trinajstić information content (AvgIpc) is 2.91. The number of carbonyl (C=O) groups is 1. The highest BCUT2D eigenvalue weighted by Gasteiger charge is 2.25. The Hall–Kier alpha value is -2.36. The Morgan fingerprint density at radius 2 is 1.49 bits per heavy atom. The van der Waals surface area contributed by atoms with Crippen molar-refractivity contribution in [1.29, 1.82) is 0 Å². The second kappa shape index (κ2) is 14.0. The van der Waals surface area contributed by atoms with Crippen molar-refractivity contribution < 1.29 is 18.7 Å². The van der Waals surface area contributed by atoms with Crippen LogP contribution in [-0.2, 0) is 4.74 Å². The minimum atomic E-state index is -0.647. The van der Waals surface area contributed by atoms with Crippen molar-refractivity contribution in [3.8, 4) is 16.9 Å². The van der Waals surface area contributed by atoms with Gasteiger partial charge in [-0.15, -0.1) is 0 Å². The highest BCUT2D eigenvalue weighted by atomic mass is 19.1. The maximum absolute atomic E-state index is 15.1. The molecule has 2 aliphatic rings. The first kappa shape index (κ1) is 27.7. The van der Waals surface area contributed by atoms with E-state index in [1.807, 2.05) is 6.07 Å². The SMILES string of the molecule is CCCCC[C@H]1CC[C@H](OC(=O)Oc2ccc(-c3ccc([C@H]4CC[C@H](CCC)CC4)cc3F)cc2)CC1. The van der Waals surface area contributed by atoms with E-state index in [-0.39, 0.29) is 11.9 Å². The fourth-order valence-electron chi connectivity index (χ4n) is 6.39. The highest BCUT2D eigenvalue weighted by molar-refractivity contribution is 5.68. The van der Waals surface area contributed by atoms with E-state index in [1.165, 1.54) is 51.4 Å². The van der Waals surface area contributed by atoms with Crippen molar-refractivity contribution in [2.75, 3.05) is 0 Å². The summed E-state index contributed by atoms with van der Waals surface area (Å²) in [5, 5.41) is 0. The van der Waals surface area contributed by atoms with E-state index >= 15 is 4.39 Å². The zero-order chi connectivity index (χ0) is 26.0. The molecule has 0 aliphatic heterocycles. The number of rotatable bonds is 10. The van der Waals surface area contributed by atoms with Gasteiger partial charge in [-0.2, -0.15) is 0 Å². The zero-order valence-electron chi connectivity index (χ0n) is 22.9. The summed E-state index contributed by atoms with van der Waals surface area (Å²) < 4.78 is 26.1. The third kappa shape index (κ3) is 8.06. The van der Waals surface area contributed by atoms with Gasteiger partial charge in [0.2, 0.25) is 0 Å². The molecule has 37 heavy (non-hydrogen) atoms. The molecule has 2 aromatic carbocycles. The molecular formula is C33H45FO3. The number of ether oxygens (including phenoxy) is 2. The summed E-state index contributed by atoms with van der Waals surface area (Å²) in [4.78, 5) is 12.3. The van der Waals surface area contributed by atoms with E-state index < -0.39 is 6.16 Å². The van der Waals surface area contributed by atoms with Gasteiger partial charge in [0.05, 0.1) is 0 Å². The summed E-state index contributed by atoms with van der Waals surface area (Å²) in [7, 11) is 0. The van der Waals surface area contributed by atoms with Crippen molar-refractivity contribution >= 4 is 6.16 Å². The van der Waals surface area contributed by atoms with Crippen molar-refractivity contribution in [2.24, 2.45) is 11.8 Å². The summed E-state index contributed by atoms with van der Waals surface area (Å²) in [6, 6.07) is 12.7. The third-order valence-electron chi connectivity index (χ3n) is 8.65. The Bertz CT molecular complexity index is 970. The molecule has 0 atom stereocenters. The summed E-state index contributed by atoms with van der Waals surface area (Å²) >= 11 is 0. The van der Waals surface area contributed by atoms with Gasteiger partial charge in [-0.3, -0.25) is 0 Å². The van der Waals surface area contributed by atoms with Crippen LogP contribution in [-0.4, -0.2) is 12.3 Å². The number of unbranched alkanes of at least 4 members (excludes halogenated alkanes) is 2. The summed E-state index contributed by atoms with van der Waals surface area (Å²) in [5.41, 5.74) is 2.47. The Morgan fingerprint density at radius 1 is 0.811 bits per heavy atom. The molecule has 4 rings (SSSR count). The average molecular weight is 509 g/mol. The van der Waals surface area contributed by atoms with E-state index in [9.17, 15) is 4.79 Å². The van der Waals surface area contributed by atoms with Gasteiger partial charge in [0.25, 0.3) is 0 Å². The van der Waals surface area contributed by atoms with Crippen molar-refractivity contribution in [1.82, 2.24) is 0 Å². The standard InChI is InChI=1S/C33H45FO3/c1-3-5-6-8-25-11-18-29(19-12-25)36-33(35)37-30-20-15-27(16-21-30)31-22-17-28(23-32(31)34)26-13-9-24(7-4-2)10-14-26/h15-17,20-26,29H,3-14,18-19H2,1-2H3/t24-,25-,26-,29-. The van der Waals surface area contributed by atoms with Gasteiger partial charge in [-0.05, 0) is 98.4 Å². The van der Waals surface area contributed by atoms with Gasteiger partial charge in [0.1, 0.15) is 17.7 Å². The predicted molar refractivity (Wildman–Crippen MR) is 148 cm³/mol. The number of hydrogen-bond donors (Lipinski definition) is 0. The Morgan fingerprint density at radius 3 is 2.14 bits per heavy atom. The van der Waals surface area contributed by atoms with Gasteiger partial charge in [0, 0.05) is 5.56 Å². The molecule has 2 aromatic rings. The van der Waals surface area contributed by atoms with Crippen molar-refractivity contribution in [3.05, 3.63) is 53.8 Å². The lowest BCUT2D eigenvalue weighted by molar-refractivity contribution is 0.0329. The molecule has 0 amide bonds. The van der Waals surface area contributed by atoms with Crippen LogP contribution in [0.2, 0.25) is 0 Å². The van der Waals surface area contributed by atoms with Crippen LogP contribution in [0.4, 0.5) is 9.18 Å². The van der Waals surface area contributed by atoms with Crippen LogP contribution in [0.15, 0.2) is 42.5 Å². The number of benzene rings is 2. The van der Waals surface area contributed by atoms with Gasteiger partial charge in [0.15, 0.2) is 0 Å². The number of hydrogen-bond acceptors (Lipinski definition) is 3. The molecule has 0 spiro atoms. The van der Waals surface area contributed by atoms with Gasteiger partial charge < -0.3 is 9.47 Å². The molecular weight excluding hydrogens is 463 g/mol. The van der Waals surface area contributed by atoms with E-state index in [2.05, 4.69) is 19.9 Å². The normalized spacial score (nSPS) is 24.0. The minimum absolute atomic E-state index is 0.0523. The first-order chi connectivity index (χ1) is 18.1. The maximum atomic E-state index is 15.1. The third-order valence-corrected chi connectivity index (χ3v) is 8.65. The predicted octanol–water partition coefficient (Wildman–Crippen LogP) is 10.2. The van der Waals surface area contributed by atoms with Crippen LogP contribution < -0.4 is 4.74 Å². The quantitative estimate of drug-likeness (QED) is 0.182. The van der Waals surface area contributed by atoms with Gasteiger partial charge in [-0.25, -0.2) is 9.18 Å². The zero-order valence-corrected chi connectivity index (χ0v) is 22.9. The first-order valence-corrected chi connectivity index (χ1v) is 14.8. The molecule has 0 bridgehead atoms. The number of halogens is 1. The lowest BCUT2D eigenvalue weighted by Gasteiger charge is -2.28. The van der Waals surface area contributed by atoms with Crippen LogP contribution in [0.3, 0.4) is 0 Å². The highest BCUT2D eigenvalue weighted by Crippen LogP contribution is 2.39. The van der Waals surface area contributed by atoms with Crippen molar-refractivity contribution in [2.45, 2.75) is 116 Å². The van der Waals surface area contributed by atoms with E-state index in [0.717, 1.165) is 61.5 Å². The smallest absolute Gasteiger partial charge is 0.431 e. The maximum Gasteiger partial charge on any atom is 0.514 e. The monoisotopic (exact) mass is 508 g/mol. The second-order valence-electron chi connectivity index (χ2n) is 11.4. The molecule has 0 heterocycles. The molecule has 0 unspecified atom stereocenters. The largest absolute Gasteiger partial charge is 0.514 e. The Balaban J connectivity index is 1.25. The molecule has 0 N–H and O–H groups in total. The lowest BCUT2D eigenvalue weighted by Crippen LogP contribution is -2.26. The van der Waals surface area contributed by atoms with E-state index in [4.69, 9.17) is 9.47 Å². The summed E-state index contributed by atoms with van der Waals surface area (Å²) in [6.45, 7) is 4.49. The Labute approximate surface area is 223 Å². The molecule has 2 fully saturated rings. The summed E-state index contributed by atoms with van der Waals surface area (Å²) in [5.74, 6) is 2.31. The van der Waals surface area contributed by atoms with Crippen molar-refractivity contribution in [3.63, 3.8) is 0 Å². The summed E-state index contributed by atoms with van der Waals surface area (Å²) in [6.07, 6.45) is 15.9. The van der Waals surface area contributed by atoms with Crippen LogP contribution in [0, 0.1) is 17.7 Å². The first-order valence-electron chi connectivity index (χ1n) is 14.8. The fourth-order valence-corrected chi connectivity index (χ4v) is 6.39. The van der Waals surface area contributed by atoms with E-state index in [1.54, 1.807) is 30.3 Å². The number of carbonyl (C=O) groups excluding carboxylic acids is 1. The van der Waals surface area contributed by atoms with Crippen LogP contribution in [0.1, 0.15) is 115 Å². The van der Waals surface area contributed by atoms with Crippen LogP contribution in [0.5, 0.6) is 5.75 Å². The molecule has 2 saturated carbocycles. The molecule has 0 radical (unpaired) electrons. The van der Waals surface area contributed by atoms with Crippen LogP contribution >= 0.6 is 0 Å². The lowest BCUT2D eigenvalue weighted by atomic mass is 9.77. The molecule has 0 saturated heterocycles.